The number of nitrogens with zero attached hydrogens (tertiary/aromatic N) is 1. The van der Waals surface area contributed by atoms with E-state index in [4.69, 9.17) is 11.0 Å². The van der Waals surface area contributed by atoms with Crippen molar-refractivity contribution in [1.29, 1.82) is 5.26 Å². The lowest BCUT2D eigenvalue weighted by atomic mass is 9.98. The minimum absolute atomic E-state index is 0.119. The van der Waals surface area contributed by atoms with Crippen molar-refractivity contribution in [1.82, 2.24) is 0 Å². The molecule has 1 heterocycles. The number of anilines is 2. The largest absolute Gasteiger partial charge is 0.397 e. The third kappa shape index (κ3) is 1.97. The minimum atomic E-state index is 0.119. The lowest BCUT2D eigenvalue weighted by Crippen LogP contribution is -2.33. The van der Waals surface area contributed by atoms with Crippen LogP contribution >= 0.6 is 11.3 Å². The molecule has 4 heteroatoms. The fraction of sp³-hybridized carbons (Fsp3) is 0.643. The molecule has 0 aromatic carbocycles. The highest BCUT2D eigenvalue weighted by molar-refractivity contribution is 7.17. The molecule has 0 aliphatic heterocycles. The van der Waals surface area contributed by atoms with Gasteiger partial charge in [-0.1, -0.05) is 0 Å². The number of rotatable bonds is 4. The summed E-state index contributed by atoms with van der Waals surface area (Å²) in [5.74, 6) is 1.35. The monoisotopic (exact) mass is 261 g/mol. The summed E-state index contributed by atoms with van der Waals surface area (Å²) in [6.45, 7) is 4.51. The van der Waals surface area contributed by atoms with Crippen LogP contribution in [0.1, 0.15) is 55.9 Å². The van der Waals surface area contributed by atoms with Crippen molar-refractivity contribution in [3.05, 3.63) is 10.4 Å². The third-order valence-electron chi connectivity index (χ3n) is 4.10. The van der Waals surface area contributed by atoms with E-state index in [2.05, 4.69) is 25.2 Å². The normalized spacial score (nSPS) is 19.6. The van der Waals surface area contributed by atoms with Gasteiger partial charge in [0.1, 0.15) is 10.9 Å². The highest BCUT2D eigenvalue weighted by Crippen LogP contribution is 2.52. The second-order valence-electron chi connectivity index (χ2n) is 6.09. The second-order valence-corrected chi connectivity index (χ2v) is 7.12. The number of thiophene rings is 1. The molecular formula is C14H19N3S. The van der Waals surface area contributed by atoms with E-state index in [9.17, 15) is 0 Å². The Hall–Kier alpha value is -1.21. The number of nitrogens with two attached hydrogens (primary N) is 1. The Morgan fingerprint density at radius 2 is 2.00 bits per heavy atom. The summed E-state index contributed by atoms with van der Waals surface area (Å²) in [6.07, 6.45) is 5.05. The van der Waals surface area contributed by atoms with Crippen LogP contribution in [0.3, 0.4) is 0 Å². The zero-order chi connectivity index (χ0) is 12.9. The fourth-order valence-corrected chi connectivity index (χ4v) is 3.78. The number of hydrogen-bond donors (Lipinski definition) is 2. The molecular weight excluding hydrogens is 242 g/mol. The van der Waals surface area contributed by atoms with Crippen LogP contribution in [-0.4, -0.2) is 5.54 Å². The molecule has 96 valence electrons. The predicted molar refractivity (Wildman–Crippen MR) is 75.8 cm³/mol. The van der Waals surface area contributed by atoms with Crippen molar-refractivity contribution in [2.75, 3.05) is 11.1 Å². The third-order valence-corrected chi connectivity index (χ3v) is 5.15. The van der Waals surface area contributed by atoms with Gasteiger partial charge in [-0.15, -0.1) is 11.3 Å². The molecule has 3 N–H and O–H groups in total. The molecule has 1 aromatic rings. The zero-order valence-electron chi connectivity index (χ0n) is 10.9. The first kappa shape index (κ1) is 11.9. The van der Waals surface area contributed by atoms with E-state index in [1.165, 1.54) is 42.6 Å². The first-order valence-electron chi connectivity index (χ1n) is 6.63. The SMILES string of the molecule is CC(C)(Nc1sc(C#N)c(N)c1C1CC1)C1CC1. The Bertz CT molecular complexity index is 516. The maximum absolute atomic E-state index is 9.13. The van der Waals surface area contributed by atoms with Crippen LogP contribution in [0.2, 0.25) is 0 Å². The molecule has 2 aliphatic rings. The van der Waals surface area contributed by atoms with Gasteiger partial charge in [-0.25, -0.2) is 0 Å². The van der Waals surface area contributed by atoms with Gasteiger partial charge in [0.15, 0.2) is 0 Å². The first-order valence-corrected chi connectivity index (χ1v) is 7.45. The molecule has 0 spiro atoms. The topological polar surface area (TPSA) is 61.8 Å². The van der Waals surface area contributed by atoms with Gasteiger partial charge in [-0.05, 0) is 51.4 Å². The Kier molecular flexibility index (Phi) is 2.56. The van der Waals surface area contributed by atoms with Crippen LogP contribution in [0, 0.1) is 17.2 Å². The number of nitriles is 1. The second kappa shape index (κ2) is 3.89. The molecule has 3 nitrogen and oxygen atoms in total. The van der Waals surface area contributed by atoms with Crippen molar-refractivity contribution >= 4 is 22.0 Å². The van der Waals surface area contributed by atoms with E-state index >= 15 is 0 Å². The average Bonchev–Trinajstić information content (AvgIpc) is 3.15. The highest BCUT2D eigenvalue weighted by Gasteiger charge is 2.40. The summed E-state index contributed by atoms with van der Waals surface area (Å²) in [5.41, 5.74) is 8.17. The van der Waals surface area contributed by atoms with E-state index in [0.29, 0.717) is 10.8 Å². The molecule has 3 rings (SSSR count). The average molecular weight is 261 g/mol. The summed E-state index contributed by atoms with van der Waals surface area (Å²) >= 11 is 1.53. The maximum atomic E-state index is 9.13. The predicted octanol–water partition coefficient (Wildman–Crippen LogP) is 3.68. The lowest BCUT2D eigenvalue weighted by Gasteiger charge is -2.27. The van der Waals surface area contributed by atoms with Crippen molar-refractivity contribution in [3.8, 4) is 6.07 Å². The van der Waals surface area contributed by atoms with Gasteiger partial charge in [0.25, 0.3) is 0 Å². The maximum Gasteiger partial charge on any atom is 0.130 e. The van der Waals surface area contributed by atoms with Crippen LogP contribution in [0.25, 0.3) is 0 Å². The molecule has 0 saturated heterocycles. The Morgan fingerprint density at radius 1 is 1.33 bits per heavy atom. The molecule has 1 aromatic heterocycles. The van der Waals surface area contributed by atoms with Gasteiger partial charge in [-0.2, -0.15) is 5.26 Å². The van der Waals surface area contributed by atoms with E-state index in [-0.39, 0.29) is 5.54 Å². The van der Waals surface area contributed by atoms with Crippen molar-refractivity contribution in [3.63, 3.8) is 0 Å². The first-order chi connectivity index (χ1) is 8.53. The van der Waals surface area contributed by atoms with E-state index < -0.39 is 0 Å². The van der Waals surface area contributed by atoms with Crippen LogP contribution in [-0.2, 0) is 0 Å². The quantitative estimate of drug-likeness (QED) is 0.869. The van der Waals surface area contributed by atoms with Gasteiger partial charge in [0.05, 0.1) is 10.7 Å². The van der Waals surface area contributed by atoms with E-state index in [1.54, 1.807) is 0 Å². The van der Waals surface area contributed by atoms with Crippen molar-refractivity contribution in [2.45, 2.75) is 51.0 Å². The number of nitrogens with one attached hydrogen (secondary N) is 1. The molecule has 2 fully saturated rings. The van der Waals surface area contributed by atoms with Crippen molar-refractivity contribution < 1.29 is 0 Å². The van der Waals surface area contributed by atoms with Gasteiger partial charge in [0, 0.05) is 11.1 Å². The minimum Gasteiger partial charge on any atom is -0.397 e. The van der Waals surface area contributed by atoms with Gasteiger partial charge < -0.3 is 11.1 Å². The Balaban J connectivity index is 1.93. The summed E-state index contributed by atoms with van der Waals surface area (Å²) in [6, 6.07) is 2.22. The van der Waals surface area contributed by atoms with Gasteiger partial charge in [-0.3, -0.25) is 0 Å². The summed E-state index contributed by atoms with van der Waals surface area (Å²) in [5, 5.41) is 13.9. The van der Waals surface area contributed by atoms with Crippen LogP contribution in [0.4, 0.5) is 10.7 Å². The summed E-state index contributed by atoms with van der Waals surface area (Å²) < 4.78 is 0. The van der Waals surface area contributed by atoms with Crippen LogP contribution < -0.4 is 11.1 Å². The zero-order valence-corrected chi connectivity index (χ0v) is 11.7. The van der Waals surface area contributed by atoms with Gasteiger partial charge >= 0.3 is 0 Å². The van der Waals surface area contributed by atoms with Crippen LogP contribution in [0.15, 0.2) is 0 Å². The Labute approximate surface area is 112 Å². The standard InChI is InChI=1S/C14H19N3S/c1-14(2,9-5-6-9)17-13-11(8-3-4-8)12(16)10(7-15)18-13/h8-9,17H,3-6,16H2,1-2H3. The fourth-order valence-electron chi connectivity index (χ4n) is 2.61. The number of nitrogen functional groups attached to an aromatic ring is 1. The molecule has 0 radical (unpaired) electrons. The molecule has 0 atom stereocenters. The van der Waals surface area contributed by atoms with Gasteiger partial charge in [0.2, 0.25) is 0 Å². The molecule has 2 aliphatic carbocycles. The smallest absolute Gasteiger partial charge is 0.130 e. The molecule has 0 amide bonds. The molecule has 0 unspecified atom stereocenters. The van der Waals surface area contributed by atoms with Crippen molar-refractivity contribution in [2.24, 2.45) is 5.92 Å². The van der Waals surface area contributed by atoms with E-state index in [1.807, 2.05) is 0 Å². The molecule has 2 saturated carbocycles. The molecule has 18 heavy (non-hydrogen) atoms. The van der Waals surface area contributed by atoms with E-state index in [0.717, 1.165) is 16.6 Å². The van der Waals surface area contributed by atoms with Crippen LogP contribution in [0.5, 0.6) is 0 Å². The highest BCUT2D eigenvalue weighted by atomic mass is 32.1. The summed E-state index contributed by atoms with van der Waals surface area (Å²) in [7, 11) is 0. The Morgan fingerprint density at radius 3 is 2.50 bits per heavy atom. The lowest BCUT2D eigenvalue weighted by molar-refractivity contribution is 0.495. The molecule has 0 bridgehead atoms. The summed E-state index contributed by atoms with van der Waals surface area (Å²) in [4.78, 5) is 0.672. The number of hydrogen-bond acceptors (Lipinski definition) is 4.